The largest absolute Gasteiger partial charge is 0.339 e. The van der Waals surface area contributed by atoms with Gasteiger partial charge >= 0.3 is 6.03 Å². The van der Waals surface area contributed by atoms with Gasteiger partial charge in [0.25, 0.3) is 0 Å². The predicted octanol–water partition coefficient (Wildman–Crippen LogP) is 5.76. The first-order valence-corrected chi connectivity index (χ1v) is 10.2. The van der Waals surface area contributed by atoms with E-state index in [1.165, 1.54) is 0 Å². The minimum absolute atomic E-state index is 0.121. The van der Waals surface area contributed by atoms with Gasteiger partial charge in [0.05, 0.1) is 5.02 Å². The number of aromatic nitrogens is 2. The van der Waals surface area contributed by atoms with Crippen LogP contribution in [0.1, 0.15) is 30.2 Å². The molecule has 150 valence electrons. The summed E-state index contributed by atoms with van der Waals surface area (Å²) in [5.74, 6) is 1.20. The van der Waals surface area contributed by atoms with Crippen molar-refractivity contribution >= 4 is 34.9 Å². The fourth-order valence-corrected chi connectivity index (χ4v) is 3.80. The predicted molar refractivity (Wildman–Crippen MR) is 113 cm³/mol. The highest BCUT2D eigenvalue weighted by molar-refractivity contribution is 6.33. The van der Waals surface area contributed by atoms with Crippen LogP contribution in [0.5, 0.6) is 0 Å². The van der Waals surface area contributed by atoms with Crippen molar-refractivity contribution < 1.29 is 9.32 Å². The average Bonchev–Trinajstić information content (AvgIpc) is 3.21. The minimum Gasteiger partial charge on any atom is -0.339 e. The number of halogens is 2. The fourth-order valence-electron chi connectivity index (χ4n) is 3.41. The second kappa shape index (κ2) is 8.43. The Balaban J connectivity index is 1.38. The molecule has 1 aromatic heterocycles. The van der Waals surface area contributed by atoms with E-state index in [-0.39, 0.29) is 11.9 Å². The molecule has 0 saturated carbocycles. The van der Waals surface area contributed by atoms with Crippen molar-refractivity contribution in [2.24, 2.45) is 0 Å². The SMILES string of the molecule is Cc1ccc(Cl)cc1NC(=O)N1CCC(c2nc(-c3ccccc3Cl)no2)CC1. The van der Waals surface area contributed by atoms with E-state index in [1.807, 2.05) is 31.2 Å². The van der Waals surface area contributed by atoms with E-state index in [0.717, 1.165) is 29.7 Å². The summed E-state index contributed by atoms with van der Waals surface area (Å²) in [7, 11) is 0. The van der Waals surface area contributed by atoms with Crippen LogP contribution in [-0.4, -0.2) is 34.2 Å². The highest BCUT2D eigenvalue weighted by atomic mass is 35.5. The lowest BCUT2D eigenvalue weighted by Gasteiger charge is -2.30. The van der Waals surface area contributed by atoms with Gasteiger partial charge in [-0.3, -0.25) is 0 Å². The fraction of sp³-hybridized carbons (Fsp3) is 0.286. The molecule has 1 N–H and O–H groups in total. The molecule has 1 aliphatic heterocycles. The molecular formula is C21H20Cl2N4O2. The van der Waals surface area contributed by atoms with Gasteiger partial charge in [0, 0.05) is 35.3 Å². The summed E-state index contributed by atoms with van der Waals surface area (Å²) >= 11 is 12.2. The molecule has 0 unspecified atom stereocenters. The van der Waals surface area contributed by atoms with Crippen molar-refractivity contribution in [3.63, 3.8) is 0 Å². The van der Waals surface area contributed by atoms with Gasteiger partial charge in [-0.25, -0.2) is 4.79 Å². The number of benzene rings is 2. The third kappa shape index (κ3) is 4.38. The zero-order valence-electron chi connectivity index (χ0n) is 15.9. The number of aryl methyl sites for hydroxylation is 1. The molecule has 1 saturated heterocycles. The van der Waals surface area contributed by atoms with E-state index < -0.39 is 0 Å². The first-order chi connectivity index (χ1) is 14.0. The van der Waals surface area contributed by atoms with Gasteiger partial charge in [0.15, 0.2) is 0 Å². The molecule has 29 heavy (non-hydrogen) atoms. The van der Waals surface area contributed by atoms with Crippen LogP contribution in [0.3, 0.4) is 0 Å². The summed E-state index contributed by atoms with van der Waals surface area (Å²) in [6.45, 7) is 3.16. The first-order valence-electron chi connectivity index (χ1n) is 9.42. The lowest BCUT2D eigenvalue weighted by atomic mass is 9.97. The Morgan fingerprint density at radius 2 is 1.93 bits per heavy atom. The van der Waals surface area contributed by atoms with Gasteiger partial charge in [0.1, 0.15) is 0 Å². The van der Waals surface area contributed by atoms with Crippen LogP contribution in [0.4, 0.5) is 10.5 Å². The Morgan fingerprint density at radius 1 is 1.17 bits per heavy atom. The maximum absolute atomic E-state index is 12.6. The van der Waals surface area contributed by atoms with E-state index in [4.69, 9.17) is 27.7 Å². The Morgan fingerprint density at radius 3 is 2.69 bits per heavy atom. The van der Waals surface area contributed by atoms with Gasteiger partial charge in [0.2, 0.25) is 11.7 Å². The van der Waals surface area contributed by atoms with Crippen molar-refractivity contribution in [1.82, 2.24) is 15.0 Å². The molecule has 0 atom stereocenters. The minimum atomic E-state index is -0.129. The van der Waals surface area contributed by atoms with Crippen molar-refractivity contribution in [2.45, 2.75) is 25.7 Å². The number of likely N-dealkylation sites (tertiary alicyclic amines) is 1. The topological polar surface area (TPSA) is 71.3 Å². The standard InChI is InChI=1S/C21H20Cl2N4O2/c1-13-6-7-15(22)12-18(13)24-21(28)27-10-8-14(9-11-27)20-25-19(26-29-20)16-4-2-3-5-17(16)23/h2-7,12,14H,8-11H2,1H3,(H,24,28). The second-order valence-electron chi connectivity index (χ2n) is 7.09. The molecule has 4 rings (SSSR count). The molecule has 1 fully saturated rings. The Kier molecular flexibility index (Phi) is 5.74. The molecule has 3 aromatic rings. The number of hydrogen-bond donors (Lipinski definition) is 1. The molecule has 2 heterocycles. The molecule has 0 aliphatic carbocycles. The molecule has 0 bridgehead atoms. The number of hydrogen-bond acceptors (Lipinski definition) is 4. The Bertz CT molecular complexity index is 1030. The average molecular weight is 431 g/mol. The van der Waals surface area contributed by atoms with Crippen LogP contribution in [0.2, 0.25) is 10.0 Å². The number of nitrogens with zero attached hydrogens (tertiary/aromatic N) is 3. The molecule has 6 nitrogen and oxygen atoms in total. The third-order valence-corrected chi connectivity index (χ3v) is 5.69. The van der Waals surface area contributed by atoms with Crippen LogP contribution in [0, 0.1) is 6.92 Å². The molecule has 0 spiro atoms. The van der Waals surface area contributed by atoms with Crippen LogP contribution in [-0.2, 0) is 0 Å². The van der Waals surface area contributed by atoms with Crippen molar-refractivity contribution in [3.05, 3.63) is 64.0 Å². The summed E-state index contributed by atoms with van der Waals surface area (Å²) in [5.41, 5.74) is 2.44. The van der Waals surface area contributed by atoms with Gasteiger partial charge < -0.3 is 14.7 Å². The van der Waals surface area contributed by atoms with E-state index in [9.17, 15) is 4.79 Å². The van der Waals surface area contributed by atoms with Gasteiger partial charge in [-0.2, -0.15) is 4.98 Å². The maximum Gasteiger partial charge on any atom is 0.321 e. The summed E-state index contributed by atoms with van der Waals surface area (Å²) in [5, 5.41) is 8.20. The van der Waals surface area contributed by atoms with Crippen LogP contribution >= 0.6 is 23.2 Å². The van der Waals surface area contributed by atoms with E-state index >= 15 is 0 Å². The number of nitrogens with one attached hydrogen (secondary N) is 1. The second-order valence-corrected chi connectivity index (χ2v) is 7.93. The quantitative estimate of drug-likeness (QED) is 0.572. The molecule has 2 amide bonds. The number of piperidine rings is 1. The molecule has 2 aromatic carbocycles. The van der Waals surface area contributed by atoms with Crippen molar-refractivity contribution in [1.29, 1.82) is 0 Å². The molecule has 1 aliphatic rings. The lowest BCUT2D eigenvalue weighted by Crippen LogP contribution is -2.40. The number of rotatable bonds is 3. The molecular weight excluding hydrogens is 411 g/mol. The van der Waals surface area contributed by atoms with Crippen LogP contribution in [0.15, 0.2) is 47.0 Å². The van der Waals surface area contributed by atoms with Crippen molar-refractivity contribution in [3.8, 4) is 11.4 Å². The van der Waals surface area contributed by atoms with E-state index in [0.29, 0.717) is 34.8 Å². The maximum atomic E-state index is 12.6. The highest BCUT2D eigenvalue weighted by Crippen LogP contribution is 2.31. The van der Waals surface area contributed by atoms with Crippen LogP contribution < -0.4 is 5.32 Å². The zero-order chi connectivity index (χ0) is 20.4. The smallest absolute Gasteiger partial charge is 0.321 e. The Labute approximate surface area is 178 Å². The number of anilines is 1. The number of carbonyl (C=O) groups excluding carboxylic acids is 1. The van der Waals surface area contributed by atoms with Gasteiger partial charge in [-0.05, 0) is 49.6 Å². The summed E-state index contributed by atoms with van der Waals surface area (Å²) < 4.78 is 5.48. The number of urea groups is 1. The molecule has 8 heteroatoms. The first kappa shape index (κ1) is 19.7. The highest BCUT2D eigenvalue weighted by Gasteiger charge is 2.28. The lowest BCUT2D eigenvalue weighted by molar-refractivity contribution is 0.187. The summed E-state index contributed by atoms with van der Waals surface area (Å²) in [6.07, 6.45) is 1.51. The molecule has 0 radical (unpaired) electrons. The van der Waals surface area contributed by atoms with Gasteiger partial charge in [-0.1, -0.05) is 46.6 Å². The van der Waals surface area contributed by atoms with E-state index in [2.05, 4.69) is 15.5 Å². The van der Waals surface area contributed by atoms with Gasteiger partial charge in [-0.15, -0.1) is 0 Å². The third-order valence-electron chi connectivity index (χ3n) is 5.13. The van der Waals surface area contributed by atoms with Crippen molar-refractivity contribution in [2.75, 3.05) is 18.4 Å². The summed E-state index contributed by atoms with van der Waals surface area (Å²) in [4.78, 5) is 18.9. The van der Waals surface area contributed by atoms with E-state index in [1.54, 1.807) is 23.1 Å². The Hall–Kier alpha value is -2.57. The summed E-state index contributed by atoms with van der Waals surface area (Å²) in [6, 6.07) is 12.7. The number of amides is 2. The van der Waals surface area contributed by atoms with Crippen LogP contribution in [0.25, 0.3) is 11.4 Å². The number of carbonyl (C=O) groups is 1. The normalized spacial score (nSPS) is 14.8. The zero-order valence-corrected chi connectivity index (χ0v) is 17.4. The monoisotopic (exact) mass is 430 g/mol.